The number of nitrogens with zero attached hydrogens (tertiary/aromatic N) is 3. The molecule has 284 valence electrons. The number of carbonyl (C=O) groups is 1. The van der Waals surface area contributed by atoms with Gasteiger partial charge in [-0.1, -0.05) is 142 Å². The fourth-order valence-corrected chi connectivity index (χ4v) is 9.62. The van der Waals surface area contributed by atoms with Crippen LogP contribution in [0.1, 0.15) is 55.9 Å². The van der Waals surface area contributed by atoms with Gasteiger partial charge in [0.1, 0.15) is 24.9 Å². The van der Waals surface area contributed by atoms with Crippen LogP contribution in [-0.4, -0.2) is 58.3 Å². The van der Waals surface area contributed by atoms with Crippen LogP contribution in [0.2, 0.25) is 18.1 Å². The van der Waals surface area contributed by atoms with E-state index < -0.39 is 45.1 Å². The monoisotopic (exact) mass is 749 g/mol. The number of hydrogen-bond acceptors (Lipinski definition) is 8. The third-order valence-corrected chi connectivity index (χ3v) is 15.9. The van der Waals surface area contributed by atoms with Crippen LogP contribution in [-0.2, 0) is 41.3 Å². The highest BCUT2D eigenvalue weighted by molar-refractivity contribution is 6.74. The molecule has 10 nitrogen and oxygen atoms in total. The van der Waals surface area contributed by atoms with Crippen LogP contribution in [0.4, 0.5) is 4.79 Å². The van der Waals surface area contributed by atoms with Crippen LogP contribution < -0.4 is 0 Å². The first-order valence-corrected chi connectivity index (χ1v) is 21.6. The summed E-state index contributed by atoms with van der Waals surface area (Å²) in [5.74, 6) is 0.147. The van der Waals surface area contributed by atoms with Gasteiger partial charge in [-0.3, -0.25) is 0 Å². The zero-order valence-corrected chi connectivity index (χ0v) is 33.0. The molecule has 0 saturated carbocycles. The number of rotatable bonds is 15. The maximum atomic E-state index is 13.8. The second-order valence-electron chi connectivity index (χ2n) is 15.4. The molecule has 11 heteroatoms. The Morgan fingerprint density at radius 3 is 1.94 bits per heavy atom. The van der Waals surface area contributed by atoms with Crippen LogP contribution in [0.3, 0.4) is 0 Å². The van der Waals surface area contributed by atoms with Crippen molar-refractivity contribution in [3.63, 3.8) is 0 Å². The van der Waals surface area contributed by atoms with Gasteiger partial charge in [-0.05, 0) is 63.0 Å². The Balaban J connectivity index is 1.29. The predicted molar refractivity (Wildman–Crippen MR) is 210 cm³/mol. The average molecular weight is 750 g/mol. The van der Waals surface area contributed by atoms with Crippen LogP contribution in [0.25, 0.3) is 21.6 Å². The topological polar surface area (TPSA) is 121 Å². The fourth-order valence-electron chi connectivity index (χ4n) is 7.15. The molecule has 4 aromatic carbocycles. The Labute approximate surface area is 319 Å². The summed E-state index contributed by atoms with van der Waals surface area (Å²) in [7, 11) is -2.56. The Morgan fingerprint density at radius 1 is 0.815 bits per heavy atom. The van der Waals surface area contributed by atoms with Crippen molar-refractivity contribution in [1.82, 2.24) is 0 Å². The van der Waals surface area contributed by atoms with E-state index in [0.717, 1.165) is 33.4 Å². The van der Waals surface area contributed by atoms with Crippen molar-refractivity contribution in [2.45, 2.75) is 95.6 Å². The van der Waals surface area contributed by atoms with Gasteiger partial charge >= 0.3 is 6.16 Å². The first kappa shape index (κ1) is 39.2. The van der Waals surface area contributed by atoms with Crippen molar-refractivity contribution in [2.75, 3.05) is 13.2 Å². The number of ether oxygens (including phenoxy) is 5. The van der Waals surface area contributed by atoms with E-state index in [2.05, 4.69) is 75.1 Å². The van der Waals surface area contributed by atoms with E-state index in [1.54, 1.807) is 0 Å². The van der Waals surface area contributed by atoms with Crippen LogP contribution in [0, 0.1) is 5.92 Å². The fraction of sp³-hybridized carbons (Fsp3) is 0.419. The summed E-state index contributed by atoms with van der Waals surface area (Å²) in [5.41, 5.74) is 16.2. The molecule has 1 saturated heterocycles. The first-order chi connectivity index (χ1) is 26.0. The van der Waals surface area contributed by atoms with Crippen molar-refractivity contribution in [3.8, 4) is 11.1 Å². The second-order valence-corrected chi connectivity index (χ2v) is 19.9. The summed E-state index contributed by atoms with van der Waals surface area (Å²) in [6.07, 6.45) is -4.76. The zero-order chi connectivity index (χ0) is 38.3. The van der Waals surface area contributed by atoms with Gasteiger partial charge < -0.3 is 28.1 Å². The molecule has 1 heterocycles. The summed E-state index contributed by atoms with van der Waals surface area (Å²) < 4.78 is 38.5. The van der Waals surface area contributed by atoms with Crippen molar-refractivity contribution in [3.05, 3.63) is 142 Å². The number of carbonyl (C=O) groups excluding carboxylic acids is 1. The van der Waals surface area contributed by atoms with Gasteiger partial charge in [0.2, 0.25) is 0 Å². The molecular weight excluding hydrogens is 699 g/mol. The summed E-state index contributed by atoms with van der Waals surface area (Å²) in [6, 6.07) is 34.8. The van der Waals surface area contributed by atoms with E-state index in [0.29, 0.717) is 12.5 Å². The SMILES string of the molecule is CC(C)C(C)(C)[Si](C)(C)O[C@@H]1O[C@H](COCc2ccccc2)[C@@H](OC(=O)OCC2c3ccccc3-c3ccccc32)[C@H](OCc2ccccc2)[C@H]1N=[N+]=[N-]. The van der Waals surface area contributed by atoms with Gasteiger partial charge in [0.15, 0.2) is 20.7 Å². The molecule has 0 N–H and O–H groups in total. The quantitative estimate of drug-likeness (QED) is 0.0390. The van der Waals surface area contributed by atoms with Crippen molar-refractivity contribution in [2.24, 2.45) is 11.0 Å². The van der Waals surface area contributed by atoms with Crippen molar-refractivity contribution < 1.29 is 32.9 Å². The second kappa shape index (κ2) is 17.3. The number of azide groups is 1. The number of fused-ring (bicyclic) bond motifs is 3. The molecule has 6 rings (SSSR count). The number of benzene rings is 4. The highest BCUT2D eigenvalue weighted by Gasteiger charge is 2.53. The third-order valence-electron chi connectivity index (χ3n) is 11.4. The summed E-state index contributed by atoms with van der Waals surface area (Å²) in [4.78, 5) is 17.0. The van der Waals surface area contributed by atoms with E-state index in [1.165, 1.54) is 0 Å². The number of hydrogen-bond donors (Lipinski definition) is 0. The standard InChI is InChI=1S/C43H51N3O7Si/c1-29(2)43(3,4)54(5,6)53-41-38(45-46-44)40(49-26-31-19-11-8-12-20-31)39(37(51-41)28-48-25-30-17-9-7-10-18-30)52-42(47)50-27-36-34-23-15-13-21-32(34)33-22-14-16-24-35(33)36/h7-24,29,36-41H,25-28H2,1-6H3/t37-,38-,39-,40-,41+/m1/s1. The van der Waals surface area contributed by atoms with E-state index in [9.17, 15) is 10.3 Å². The Hall–Kier alpha value is -4.48. The molecule has 54 heavy (non-hydrogen) atoms. The van der Waals surface area contributed by atoms with Gasteiger partial charge in [0.25, 0.3) is 0 Å². The minimum atomic E-state index is -2.56. The lowest BCUT2D eigenvalue weighted by molar-refractivity contribution is -0.259. The summed E-state index contributed by atoms with van der Waals surface area (Å²) >= 11 is 0. The maximum absolute atomic E-state index is 13.8. The van der Waals surface area contributed by atoms with Crippen LogP contribution in [0.15, 0.2) is 114 Å². The maximum Gasteiger partial charge on any atom is 0.508 e. The van der Waals surface area contributed by atoms with Crippen LogP contribution in [0.5, 0.6) is 0 Å². The molecular formula is C43H51N3O7Si. The molecule has 0 radical (unpaired) electrons. The van der Waals surface area contributed by atoms with Crippen molar-refractivity contribution >= 4 is 14.5 Å². The van der Waals surface area contributed by atoms with Gasteiger partial charge in [-0.2, -0.15) is 0 Å². The lowest BCUT2D eigenvalue weighted by Crippen LogP contribution is -2.63. The highest BCUT2D eigenvalue weighted by Crippen LogP contribution is 2.47. The Morgan fingerprint density at radius 2 is 1.37 bits per heavy atom. The van der Waals surface area contributed by atoms with E-state index in [4.69, 9.17) is 28.1 Å². The largest absolute Gasteiger partial charge is 0.508 e. The van der Waals surface area contributed by atoms with Gasteiger partial charge in [-0.15, -0.1) is 0 Å². The smallest absolute Gasteiger partial charge is 0.433 e. The lowest BCUT2D eigenvalue weighted by atomic mass is 9.97. The van der Waals surface area contributed by atoms with E-state index >= 15 is 0 Å². The van der Waals surface area contributed by atoms with E-state index in [1.807, 2.05) is 84.9 Å². The zero-order valence-electron chi connectivity index (χ0n) is 32.0. The van der Waals surface area contributed by atoms with Crippen molar-refractivity contribution in [1.29, 1.82) is 0 Å². The normalized spacial score (nSPS) is 21.2. The Kier molecular flexibility index (Phi) is 12.6. The summed E-state index contributed by atoms with van der Waals surface area (Å²) in [5, 5.41) is 4.03. The van der Waals surface area contributed by atoms with E-state index in [-0.39, 0.29) is 30.8 Å². The minimum Gasteiger partial charge on any atom is -0.433 e. The average Bonchev–Trinajstić information content (AvgIpc) is 3.49. The van der Waals surface area contributed by atoms with Gasteiger partial charge in [0, 0.05) is 10.8 Å². The van der Waals surface area contributed by atoms with Gasteiger partial charge in [0.05, 0.1) is 19.8 Å². The van der Waals surface area contributed by atoms with Crippen LogP contribution >= 0.6 is 0 Å². The summed E-state index contributed by atoms with van der Waals surface area (Å²) in [6.45, 7) is 13.6. The lowest BCUT2D eigenvalue weighted by Gasteiger charge is -2.49. The molecule has 0 amide bonds. The molecule has 1 aliphatic carbocycles. The first-order valence-electron chi connectivity index (χ1n) is 18.7. The molecule has 0 bridgehead atoms. The predicted octanol–water partition coefficient (Wildman–Crippen LogP) is 10.2. The molecule has 0 spiro atoms. The molecule has 0 unspecified atom stereocenters. The third kappa shape index (κ3) is 8.73. The molecule has 4 aromatic rings. The molecule has 5 atom stereocenters. The molecule has 0 aromatic heterocycles. The highest BCUT2D eigenvalue weighted by atomic mass is 28.4. The van der Waals surface area contributed by atoms with Gasteiger partial charge in [-0.25, -0.2) is 4.79 Å². The molecule has 1 aliphatic heterocycles. The molecule has 1 fully saturated rings. The molecule has 2 aliphatic rings. The Bertz CT molecular complexity index is 1860. The minimum absolute atomic E-state index is 0.0415.